The zero-order valence-corrected chi connectivity index (χ0v) is 14.9. The molecule has 138 valence electrons. The van der Waals surface area contributed by atoms with Crippen molar-refractivity contribution >= 4 is 0 Å². The second-order valence-electron chi connectivity index (χ2n) is 5.82. The highest BCUT2D eigenvalue weighted by atomic mass is 16.7. The van der Waals surface area contributed by atoms with Gasteiger partial charge in [0.15, 0.2) is 11.5 Å². The summed E-state index contributed by atoms with van der Waals surface area (Å²) in [4.78, 5) is 0. The Bertz CT molecular complexity index is 762. The van der Waals surface area contributed by atoms with E-state index in [1.807, 2.05) is 37.4 Å². The molecule has 0 aliphatic carbocycles. The number of ether oxygens (including phenoxy) is 4. The van der Waals surface area contributed by atoms with Crippen LogP contribution in [0.25, 0.3) is 0 Å². The third-order valence-corrected chi connectivity index (χ3v) is 4.56. The Hall–Kier alpha value is -2.70. The molecule has 3 atom stereocenters. The number of fused-ring (bicyclic) bond motifs is 2. The van der Waals surface area contributed by atoms with Crippen molar-refractivity contribution in [1.82, 2.24) is 5.32 Å². The molecule has 2 heterocycles. The van der Waals surface area contributed by atoms with Gasteiger partial charge in [-0.1, -0.05) is 12.1 Å². The van der Waals surface area contributed by atoms with E-state index in [1.165, 1.54) is 0 Å². The second kappa shape index (κ2) is 7.68. The quantitative estimate of drug-likeness (QED) is 0.823. The number of hydrogen-bond donors (Lipinski definition) is 2. The number of aliphatic hydroxyl groups excluding tert-OH is 1. The zero-order chi connectivity index (χ0) is 18.7. The molecule has 2 aliphatic rings. The molecule has 0 saturated heterocycles. The van der Waals surface area contributed by atoms with E-state index in [-0.39, 0.29) is 18.8 Å². The summed E-state index contributed by atoms with van der Waals surface area (Å²) in [7, 11) is 3.45. The Morgan fingerprint density at radius 1 is 1.08 bits per heavy atom. The van der Waals surface area contributed by atoms with Crippen molar-refractivity contribution in [2.24, 2.45) is 0 Å². The summed E-state index contributed by atoms with van der Waals surface area (Å²) in [5.74, 6) is 2.64. The van der Waals surface area contributed by atoms with Crippen molar-refractivity contribution in [2.75, 3.05) is 21.0 Å². The van der Waals surface area contributed by atoms with Crippen molar-refractivity contribution in [3.63, 3.8) is 0 Å². The Kier molecular flexibility index (Phi) is 5.35. The van der Waals surface area contributed by atoms with Gasteiger partial charge in [-0.05, 0) is 30.8 Å². The molecule has 0 fully saturated rings. The first-order chi connectivity index (χ1) is 12.7. The number of rotatable bonds is 3. The minimum atomic E-state index is -0.963. The van der Waals surface area contributed by atoms with Crippen LogP contribution in [0.1, 0.15) is 17.0 Å². The Labute approximate surface area is 153 Å². The first-order valence-corrected chi connectivity index (χ1v) is 8.30. The summed E-state index contributed by atoms with van der Waals surface area (Å²) in [6.45, 7) is 6.20. The highest BCUT2D eigenvalue weighted by Gasteiger charge is 2.39. The lowest BCUT2D eigenvalue weighted by atomic mass is 9.82. The second-order valence-corrected chi connectivity index (χ2v) is 5.82. The molecule has 0 amide bonds. The molecule has 2 aromatic carbocycles. The van der Waals surface area contributed by atoms with Gasteiger partial charge in [-0.3, -0.25) is 0 Å². The van der Waals surface area contributed by atoms with Gasteiger partial charge < -0.3 is 29.4 Å². The van der Waals surface area contributed by atoms with E-state index in [0.29, 0.717) is 17.2 Å². The minimum Gasteiger partial charge on any atom is -0.497 e. The molecule has 0 bridgehead atoms. The molecule has 2 N–H and O–H groups in total. The first kappa shape index (κ1) is 18.1. The van der Waals surface area contributed by atoms with Crippen LogP contribution in [0.4, 0.5) is 0 Å². The number of methoxy groups -OCH3 is 1. The number of aliphatic hydroxyl groups is 1. The number of hydrogen-bond acceptors (Lipinski definition) is 6. The molecular weight excluding hydrogens is 334 g/mol. The molecule has 0 radical (unpaired) electrons. The SMILES string of the molecule is C=C.CNC1C(O)Oc2cc3c(cc2C1c1ccc(OC)cc1)OCO3. The molecule has 3 unspecified atom stereocenters. The molecule has 26 heavy (non-hydrogen) atoms. The molecule has 2 aliphatic heterocycles. The average molecular weight is 357 g/mol. The topological polar surface area (TPSA) is 69.2 Å². The Balaban J connectivity index is 0.000000948. The Morgan fingerprint density at radius 3 is 2.35 bits per heavy atom. The van der Waals surface area contributed by atoms with Crippen molar-refractivity contribution < 1.29 is 24.1 Å². The summed E-state index contributed by atoms with van der Waals surface area (Å²) >= 11 is 0. The lowest BCUT2D eigenvalue weighted by molar-refractivity contribution is -0.0586. The van der Waals surface area contributed by atoms with Gasteiger partial charge in [0.1, 0.15) is 11.5 Å². The van der Waals surface area contributed by atoms with E-state index in [1.54, 1.807) is 13.2 Å². The van der Waals surface area contributed by atoms with E-state index in [4.69, 9.17) is 18.9 Å². The fourth-order valence-electron chi connectivity index (χ4n) is 3.35. The summed E-state index contributed by atoms with van der Waals surface area (Å²) in [6, 6.07) is 11.3. The molecule has 4 rings (SSSR count). The fourth-order valence-corrected chi connectivity index (χ4v) is 3.35. The van der Waals surface area contributed by atoms with Crippen molar-refractivity contribution in [3.8, 4) is 23.0 Å². The van der Waals surface area contributed by atoms with Crippen LogP contribution in [0.5, 0.6) is 23.0 Å². The molecule has 2 aromatic rings. The van der Waals surface area contributed by atoms with Crippen LogP contribution >= 0.6 is 0 Å². The number of nitrogens with one attached hydrogen (secondary N) is 1. The van der Waals surface area contributed by atoms with Crippen LogP contribution in [-0.2, 0) is 0 Å². The van der Waals surface area contributed by atoms with Crippen LogP contribution < -0.4 is 24.3 Å². The van der Waals surface area contributed by atoms with Gasteiger partial charge in [-0.15, -0.1) is 13.2 Å². The van der Waals surface area contributed by atoms with Crippen molar-refractivity contribution in [3.05, 3.63) is 60.7 Å². The van der Waals surface area contributed by atoms with E-state index in [2.05, 4.69) is 18.5 Å². The largest absolute Gasteiger partial charge is 0.497 e. The molecule has 0 spiro atoms. The maximum atomic E-state index is 10.4. The fraction of sp³-hybridized carbons (Fsp3) is 0.300. The summed E-state index contributed by atoms with van der Waals surface area (Å²) in [5.41, 5.74) is 2.01. The van der Waals surface area contributed by atoms with E-state index >= 15 is 0 Å². The maximum Gasteiger partial charge on any atom is 0.231 e. The molecule has 0 saturated carbocycles. The van der Waals surface area contributed by atoms with Crippen LogP contribution in [0, 0.1) is 0 Å². The molecule has 0 aromatic heterocycles. The summed E-state index contributed by atoms with van der Waals surface area (Å²) in [6.07, 6.45) is -0.963. The van der Waals surface area contributed by atoms with Gasteiger partial charge in [-0.2, -0.15) is 0 Å². The van der Waals surface area contributed by atoms with Crippen LogP contribution in [-0.4, -0.2) is 38.4 Å². The minimum absolute atomic E-state index is 0.0887. The van der Waals surface area contributed by atoms with Crippen LogP contribution in [0.15, 0.2) is 49.6 Å². The smallest absolute Gasteiger partial charge is 0.231 e. The average Bonchev–Trinajstić information content (AvgIpc) is 3.14. The van der Waals surface area contributed by atoms with E-state index in [0.717, 1.165) is 16.9 Å². The van der Waals surface area contributed by atoms with Crippen molar-refractivity contribution in [2.45, 2.75) is 18.2 Å². The number of benzene rings is 2. The van der Waals surface area contributed by atoms with E-state index < -0.39 is 6.29 Å². The van der Waals surface area contributed by atoms with Gasteiger partial charge in [0.2, 0.25) is 13.1 Å². The predicted molar refractivity (Wildman–Crippen MR) is 98.1 cm³/mol. The van der Waals surface area contributed by atoms with Crippen molar-refractivity contribution in [1.29, 1.82) is 0 Å². The highest BCUT2D eigenvalue weighted by molar-refractivity contribution is 5.56. The standard InChI is InChI=1S/C18H19NO5.C2H4/c1-19-17-16(10-3-5-11(21-2)6-4-10)12-7-14-15(23-9-22-14)8-13(12)24-18(17)20;1-2/h3-8,16-20H,9H2,1-2H3;1-2H2. The van der Waals surface area contributed by atoms with Crippen LogP contribution in [0.3, 0.4) is 0 Å². The summed E-state index contributed by atoms with van der Waals surface area (Å²) < 4.78 is 21.8. The highest BCUT2D eigenvalue weighted by Crippen LogP contribution is 2.46. The monoisotopic (exact) mass is 357 g/mol. The molecular formula is C20H23NO5. The third-order valence-electron chi connectivity index (χ3n) is 4.56. The van der Waals surface area contributed by atoms with Gasteiger partial charge in [-0.25, -0.2) is 0 Å². The van der Waals surface area contributed by atoms with Gasteiger partial charge in [0.25, 0.3) is 0 Å². The van der Waals surface area contributed by atoms with Gasteiger partial charge in [0, 0.05) is 17.5 Å². The normalized spacial score (nSPS) is 22.5. The van der Waals surface area contributed by atoms with E-state index in [9.17, 15) is 5.11 Å². The van der Waals surface area contributed by atoms with Gasteiger partial charge >= 0.3 is 0 Å². The summed E-state index contributed by atoms with van der Waals surface area (Å²) in [5, 5.41) is 13.6. The van der Waals surface area contributed by atoms with Gasteiger partial charge in [0.05, 0.1) is 13.2 Å². The lowest BCUT2D eigenvalue weighted by Crippen LogP contribution is -2.48. The number of likely N-dealkylation sites (N-methyl/N-ethyl adjacent to an activating group) is 1. The molecule has 6 heteroatoms. The predicted octanol–water partition coefficient (Wildman–Crippen LogP) is 2.66. The third kappa shape index (κ3) is 3.09. The maximum absolute atomic E-state index is 10.4. The lowest BCUT2D eigenvalue weighted by Gasteiger charge is -2.37. The molecule has 6 nitrogen and oxygen atoms in total. The van der Waals surface area contributed by atoms with Crippen LogP contribution in [0.2, 0.25) is 0 Å². The first-order valence-electron chi connectivity index (χ1n) is 8.30. The Morgan fingerprint density at radius 2 is 1.73 bits per heavy atom. The zero-order valence-electron chi connectivity index (χ0n) is 14.9.